The first-order valence-electron chi connectivity index (χ1n) is 12.2. The van der Waals surface area contributed by atoms with Crippen LogP contribution in [0.3, 0.4) is 0 Å². The number of para-hydroxylation sites is 1. The lowest BCUT2D eigenvalue weighted by molar-refractivity contribution is -0.141. The van der Waals surface area contributed by atoms with Crippen LogP contribution in [0.1, 0.15) is 45.6 Å². The minimum Gasteiger partial charge on any atom is -0.489 e. The van der Waals surface area contributed by atoms with Gasteiger partial charge in [0.2, 0.25) is 17.7 Å². The molecular weight excluding hydrogens is 436 g/mol. The van der Waals surface area contributed by atoms with E-state index in [2.05, 4.69) is 16.0 Å². The third kappa shape index (κ3) is 6.70. The fourth-order valence-electron chi connectivity index (χ4n) is 4.13. The Morgan fingerprint density at radius 2 is 1.82 bits per heavy atom. The average Bonchev–Trinajstić information content (AvgIpc) is 3.64. The number of benzene rings is 1. The van der Waals surface area contributed by atoms with E-state index in [9.17, 15) is 19.5 Å². The van der Waals surface area contributed by atoms with Crippen LogP contribution in [0.5, 0.6) is 5.75 Å². The van der Waals surface area contributed by atoms with E-state index in [-0.39, 0.29) is 17.9 Å². The van der Waals surface area contributed by atoms with Crippen molar-refractivity contribution in [1.29, 1.82) is 0 Å². The third-order valence-electron chi connectivity index (χ3n) is 6.58. The second kappa shape index (κ2) is 11.7. The molecule has 1 aliphatic carbocycles. The van der Waals surface area contributed by atoms with Crippen molar-refractivity contribution < 1.29 is 24.2 Å². The van der Waals surface area contributed by atoms with Crippen LogP contribution in [0.25, 0.3) is 0 Å². The molecule has 34 heavy (non-hydrogen) atoms. The van der Waals surface area contributed by atoms with E-state index in [0.29, 0.717) is 25.9 Å². The van der Waals surface area contributed by atoms with E-state index in [1.807, 2.05) is 31.2 Å². The summed E-state index contributed by atoms with van der Waals surface area (Å²) in [6.07, 6.45) is 2.05. The van der Waals surface area contributed by atoms with Gasteiger partial charge in [0.25, 0.3) is 0 Å². The van der Waals surface area contributed by atoms with E-state index in [1.165, 1.54) is 11.8 Å². The topological polar surface area (TPSA) is 120 Å². The van der Waals surface area contributed by atoms with Crippen molar-refractivity contribution in [3.05, 3.63) is 29.8 Å². The zero-order valence-corrected chi connectivity index (χ0v) is 20.5. The number of likely N-dealkylation sites (N-methyl/N-ethyl adjacent to an activating group) is 1. The molecule has 9 nitrogen and oxygen atoms in total. The van der Waals surface area contributed by atoms with Crippen molar-refractivity contribution in [3.63, 3.8) is 0 Å². The Balaban J connectivity index is 1.82. The number of aryl methyl sites for hydroxylation is 1. The summed E-state index contributed by atoms with van der Waals surface area (Å²) < 4.78 is 6.19. The lowest BCUT2D eigenvalue weighted by Gasteiger charge is -2.31. The Labute approximate surface area is 201 Å². The van der Waals surface area contributed by atoms with E-state index >= 15 is 0 Å². The van der Waals surface area contributed by atoms with Gasteiger partial charge in [-0.25, -0.2) is 0 Å². The lowest BCUT2D eigenvalue weighted by Crippen LogP contribution is -2.58. The maximum Gasteiger partial charge on any atom is 0.245 e. The molecule has 1 saturated carbocycles. The Kier molecular flexibility index (Phi) is 8.90. The smallest absolute Gasteiger partial charge is 0.245 e. The molecule has 1 heterocycles. The number of hydrogen-bond acceptors (Lipinski definition) is 6. The molecule has 2 aliphatic rings. The predicted molar refractivity (Wildman–Crippen MR) is 128 cm³/mol. The molecule has 1 fully saturated rings. The molecule has 1 aromatic rings. The van der Waals surface area contributed by atoms with Gasteiger partial charge in [0, 0.05) is 20.1 Å². The van der Waals surface area contributed by atoms with Gasteiger partial charge in [-0.3, -0.25) is 14.4 Å². The summed E-state index contributed by atoms with van der Waals surface area (Å²) in [6, 6.07) is 5.50. The van der Waals surface area contributed by atoms with Crippen LogP contribution >= 0.6 is 0 Å². The Morgan fingerprint density at radius 1 is 1.12 bits per heavy atom. The molecule has 4 N–H and O–H groups in total. The first-order valence-corrected chi connectivity index (χ1v) is 12.2. The van der Waals surface area contributed by atoms with Crippen LogP contribution in [-0.4, -0.2) is 78.2 Å². The number of rotatable bonds is 2. The number of carbonyl (C=O) groups excluding carboxylic acids is 3. The number of nitrogens with zero attached hydrogens (tertiary/aromatic N) is 1. The van der Waals surface area contributed by atoms with Crippen molar-refractivity contribution >= 4 is 17.7 Å². The molecule has 1 aliphatic heterocycles. The van der Waals surface area contributed by atoms with Crippen molar-refractivity contribution in [1.82, 2.24) is 20.9 Å². The number of carbonyl (C=O) groups is 3. The van der Waals surface area contributed by atoms with E-state index in [4.69, 9.17) is 4.74 Å². The summed E-state index contributed by atoms with van der Waals surface area (Å²) in [5.74, 6) is -0.0962. The summed E-state index contributed by atoms with van der Waals surface area (Å²) >= 11 is 0. The van der Waals surface area contributed by atoms with Gasteiger partial charge in [-0.15, -0.1) is 0 Å². The summed E-state index contributed by atoms with van der Waals surface area (Å²) in [5, 5.41) is 18.9. The van der Waals surface area contributed by atoms with Gasteiger partial charge < -0.3 is 30.7 Å². The lowest BCUT2D eigenvalue weighted by atomic mass is 10.1. The fraction of sp³-hybridized carbons (Fsp3) is 0.640. The highest BCUT2D eigenvalue weighted by atomic mass is 16.5. The van der Waals surface area contributed by atoms with Crippen LogP contribution < -0.4 is 20.7 Å². The molecular formula is C25H38N4O5. The SMILES string of the molecule is CC(O)[C@H]1NC(=O)[C@@H](C)N(C)C(=O)[C@H](C2CC2)NC[C@@H](C)Oc2ccccc2CCCNC1=O. The second-order valence-electron chi connectivity index (χ2n) is 9.51. The molecule has 0 saturated heterocycles. The van der Waals surface area contributed by atoms with Crippen molar-refractivity contribution in [2.24, 2.45) is 5.92 Å². The maximum atomic E-state index is 13.3. The first kappa shape index (κ1) is 26.0. The van der Waals surface area contributed by atoms with Gasteiger partial charge in [0.1, 0.15) is 23.9 Å². The highest BCUT2D eigenvalue weighted by Gasteiger charge is 2.40. The van der Waals surface area contributed by atoms with Crippen molar-refractivity contribution in [3.8, 4) is 5.75 Å². The predicted octanol–water partition coefficient (Wildman–Crippen LogP) is 0.597. The molecule has 3 rings (SSSR count). The van der Waals surface area contributed by atoms with Gasteiger partial charge >= 0.3 is 0 Å². The van der Waals surface area contributed by atoms with Crippen molar-refractivity contribution in [2.45, 2.75) is 76.8 Å². The number of fused-ring (bicyclic) bond motifs is 1. The van der Waals surface area contributed by atoms with Crippen LogP contribution in [0.2, 0.25) is 0 Å². The molecule has 1 unspecified atom stereocenters. The molecule has 0 radical (unpaired) electrons. The Hall–Kier alpha value is -2.65. The average molecular weight is 475 g/mol. The van der Waals surface area contributed by atoms with E-state index in [1.54, 1.807) is 14.0 Å². The van der Waals surface area contributed by atoms with Crippen LogP contribution in [0.15, 0.2) is 24.3 Å². The highest BCUT2D eigenvalue weighted by Crippen LogP contribution is 2.33. The van der Waals surface area contributed by atoms with Crippen molar-refractivity contribution in [2.75, 3.05) is 20.1 Å². The van der Waals surface area contributed by atoms with Gasteiger partial charge in [0.05, 0.1) is 12.1 Å². The molecule has 0 spiro atoms. The van der Waals surface area contributed by atoms with Gasteiger partial charge in [-0.1, -0.05) is 18.2 Å². The molecule has 3 amide bonds. The number of aliphatic hydroxyl groups excluding tert-OH is 1. The number of ether oxygens (including phenoxy) is 1. The standard InChI is InChI=1S/C25H38N4O5/c1-15-14-27-22(19-11-12-19)25(33)29(4)16(2)23(31)28-21(17(3)30)24(32)26-13-7-9-18-8-5-6-10-20(18)34-15/h5-6,8,10,15-17,19,21-22,27,30H,7,9,11-14H2,1-4H3,(H,26,32)(H,28,31)/t15-,16-,17?,21-,22+/m1/s1. The largest absolute Gasteiger partial charge is 0.489 e. The fourth-order valence-corrected chi connectivity index (χ4v) is 4.13. The Bertz CT molecular complexity index is 873. The number of aliphatic hydroxyl groups is 1. The van der Waals surface area contributed by atoms with Gasteiger partial charge in [0.15, 0.2) is 0 Å². The first-order chi connectivity index (χ1) is 16.2. The molecule has 0 bridgehead atoms. The molecule has 1 aromatic carbocycles. The van der Waals surface area contributed by atoms with Crippen LogP contribution in [-0.2, 0) is 20.8 Å². The van der Waals surface area contributed by atoms with Crippen LogP contribution in [0.4, 0.5) is 0 Å². The number of hydrogen-bond donors (Lipinski definition) is 4. The summed E-state index contributed by atoms with van der Waals surface area (Å²) in [7, 11) is 1.59. The second-order valence-corrected chi connectivity index (χ2v) is 9.51. The molecule has 9 heteroatoms. The van der Waals surface area contributed by atoms with Crippen LogP contribution in [0, 0.1) is 5.92 Å². The summed E-state index contributed by atoms with van der Waals surface area (Å²) in [4.78, 5) is 40.2. The number of amides is 3. The minimum atomic E-state index is -1.11. The maximum absolute atomic E-state index is 13.3. The quantitative estimate of drug-likeness (QED) is 0.498. The summed E-state index contributed by atoms with van der Waals surface area (Å²) in [6.45, 7) is 5.93. The highest BCUT2D eigenvalue weighted by molar-refractivity contribution is 5.93. The summed E-state index contributed by atoms with van der Waals surface area (Å²) in [5.41, 5.74) is 1.04. The zero-order chi connectivity index (χ0) is 24.8. The Morgan fingerprint density at radius 3 is 2.50 bits per heavy atom. The van der Waals surface area contributed by atoms with E-state index < -0.39 is 36.0 Å². The molecule has 5 atom stereocenters. The third-order valence-corrected chi connectivity index (χ3v) is 6.58. The normalized spacial score (nSPS) is 29.1. The number of nitrogens with one attached hydrogen (secondary N) is 3. The zero-order valence-electron chi connectivity index (χ0n) is 20.5. The van der Waals surface area contributed by atoms with E-state index in [0.717, 1.165) is 24.2 Å². The molecule has 0 aromatic heterocycles. The monoisotopic (exact) mass is 474 g/mol. The molecule has 188 valence electrons. The van der Waals surface area contributed by atoms with Gasteiger partial charge in [-0.05, 0) is 64.0 Å². The van der Waals surface area contributed by atoms with Gasteiger partial charge in [-0.2, -0.15) is 0 Å². The minimum absolute atomic E-state index is 0.161.